The van der Waals surface area contributed by atoms with Crippen LogP contribution in [0.1, 0.15) is 39.5 Å². The fourth-order valence-electron chi connectivity index (χ4n) is 3.22. The molecule has 1 aliphatic heterocycles. The molecule has 0 bridgehead atoms. The number of hydrogen-bond acceptors (Lipinski definition) is 3. The summed E-state index contributed by atoms with van der Waals surface area (Å²) in [5.74, 6) is -0.597. The molecule has 2 aliphatic rings. The van der Waals surface area contributed by atoms with Gasteiger partial charge in [-0.05, 0) is 25.7 Å². The fraction of sp³-hybridized carbons (Fsp3) is 0.857. The summed E-state index contributed by atoms with van der Waals surface area (Å²) in [6.07, 6.45) is 2.88. The first-order chi connectivity index (χ1) is 9.44. The van der Waals surface area contributed by atoms with Crippen LogP contribution in [-0.4, -0.2) is 53.3 Å². The molecule has 1 heterocycles. The molecule has 2 amide bonds. The Bertz CT molecular complexity index is 387. The highest BCUT2D eigenvalue weighted by molar-refractivity contribution is 5.86. The van der Waals surface area contributed by atoms with Crippen molar-refractivity contribution in [2.24, 2.45) is 5.92 Å². The van der Waals surface area contributed by atoms with E-state index in [1.54, 1.807) is 4.90 Å². The van der Waals surface area contributed by atoms with Crippen molar-refractivity contribution >= 4 is 12.0 Å². The number of amides is 2. The van der Waals surface area contributed by atoms with Gasteiger partial charge in [-0.15, -0.1) is 0 Å². The van der Waals surface area contributed by atoms with Crippen molar-refractivity contribution in [3.8, 4) is 0 Å². The van der Waals surface area contributed by atoms with E-state index in [1.165, 1.54) is 0 Å². The average molecular weight is 284 g/mol. The van der Waals surface area contributed by atoms with Gasteiger partial charge in [-0.25, -0.2) is 9.59 Å². The van der Waals surface area contributed by atoms with Crippen LogP contribution in [0.25, 0.3) is 0 Å². The Balaban J connectivity index is 2.07. The summed E-state index contributed by atoms with van der Waals surface area (Å²) in [6, 6.07) is -0.298. The minimum atomic E-state index is -1.10. The number of carbonyl (C=O) groups is 2. The molecule has 0 spiro atoms. The molecule has 0 radical (unpaired) electrons. The van der Waals surface area contributed by atoms with E-state index in [9.17, 15) is 14.7 Å². The molecule has 3 atom stereocenters. The van der Waals surface area contributed by atoms with Crippen molar-refractivity contribution in [3.05, 3.63) is 0 Å². The van der Waals surface area contributed by atoms with Gasteiger partial charge in [0.05, 0.1) is 19.3 Å². The van der Waals surface area contributed by atoms with Crippen LogP contribution in [0.3, 0.4) is 0 Å². The molecule has 2 N–H and O–H groups in total. The van der Waals surface area contributed by atoms with E-state index in [-0.39, 0.29) is 12.1 Å². The molecule has 6 heteroatoms. The zero-order valence-corrected chi connectivity index (χ0v) is 12.2. The van der Waals surface area contributed by atoms with Crippen LogP contribution >= 0.6 is 0 Å². The number of rotatable bonds is 2. The molecule has 0 aromatic heterocycles. The van der Waals surface area contributed by atoms with E-state index >= 15 is 0 Å². The maximum Gasteiger partial charge on any atom is 0.329 e. The molecule has 1 saturated heterocycles. The number of nitrogens with zero attached hydrogens (tertiary/aromatic N) is 1. The van der Waals surface area contributed by atoms with Crippen molar-refractivity contribution in [1.82, 2.24) is 10.2 Å². The molecule has 20 heavy (non-hydrogen) atoms. The van der Waals surface area contributed by atoms with Gasteiger partial charge in [0.1, 0.15) is 5.54 Å². The second-order valence-corrected chi connectivity index (χ2v) is 6.14. The molecular weight excluding hydrogens is 260 g/mol. The third-order valence-corrected chi connectivity index (χ3v) is 4.38. The Morgan fingerprint density at radius 1 is 1.40 bits per heavy atom. The zero-order chi connectivity index (χ0) is 14.8. The van der Waals surface area contributed by atoms with E-state index in [0.717, 1.165) is 12.8 Å². The fourth-order valence-corrected chi connectivity index (χ4v) is 3.22. The van der Waals surface area contributed by atoms with Gasteiger partial charge in [-0.2, -0.15) is 0 Å². The summed E-state index contributed by atoms with van der Waals surface area (Å²) in [7, 11) is 0. The molecule has 0 aromatic carbocycles. The minimum absolute atomic E-state index is 0.0180. The van der Waals surface area contributed by atoms with Crippen LogP contribution in [0, 0.1) is 5.92 Å². The third kappa shape index (κ3) is 3.06. The SMILES string of the molecule is CC1CCCC(NC(=O)N2CCOCC2C)(C(=O)O)C1. The Hall–Kier alpha value is -1.30. The quantitative estimate of drug-likeness (QED) is 0.804. The van der Waals surface area contributed by atoms with Gasteiger partial charge in [-0.3, -0.25) is 0 Å². The Kier molecular flexibility index (Phi) is 4.52. The monoisotopic (exact) mass is 284 g/mol. The lowest BCUT2D eigenvalue weighted by Crippen LogP contribution is -2.62. The molecule has 1 saturated carbocycles. The highest BCUT2D eigenvalue weighted by Gasteiger charge is 2.44. The van der Waals surface area contributed by atoms with Gasteiger partial charge in [0.15, 0.2) is 0 Å². The summed E-state index contributed by atoms with van der Waals surface area (Å²) in [5, 5.41) is 12.4. The number of aliphatic carboxylic acids is 1. The summed E-state index contributed by atoms with van der Waals surface area (Å²) >= 11 is 0. The lowest BCUT2D eigenvalue weighted by Gasteiger charge is -2.40. The van der Waals surface area contributed by atoms with Crippen molar-refractivity contribution in [3.63, 3.8) is 0 Å². The van der Waals surface area contributed by atoms with Gasteiger partial charge in [0, 0.05) is 6.54 Å². The zero-order valence-electron chi connectivity index (χ0n) is 12.2. The van der Waals surface area contributed by atoms with Gasteiger partial charge in [0.25, 0.3) is 0 Å². The van der Waals surface area contributed by atoms with Gasteiger partial charge < -0.3 is 20.1 Å². The number of carboxylic acid groups (broad SMARTS) is 1. The summed E-state index contributed by atoms with van der Waals surface area (Å²) < 4.78 is 5.30. The molecular formula is C14H24N2O4. The second kappa shape index (κ2) is 5.99. The minimum Gasteiger partial charge on any atom is -0.480 e. The molecule has 6 nitrogen and oxygen atoms in total. The summed E-state index contributed by atoms with van der Waals surface area (Å²) in [5.41, 5.74) is -1.10. The lowest BCUT2D eigenvalue weighted by atomic mass is 9.76. The summed E-state index contributed by atoms with van der Waals surface area (Å²) in [6.45, 7) is 5.48. The first kappa shape index (κ1) is 15.1. The van der Waals surface area contributed by atoms with Crippen LogP contribution in [0.2, 0.25) is 0 Å². The highest BCUT2D eigenvalue weighted by atomic mass is 16.5. The molecule has 2 fully saturated rings. The van der Waals surface area contributed by atoms with Crippen molar-refractivity contribution in [2.45, 2.75) is 51.1 Å². The number of carbonyl (C=O) groups excluding carboxylic acids is 1. The van der Waals surface area contributed by atoms with Crippen LogP contribution in [-0.2, 0) is 9.53 Å². The van der Waals surface area contributed by atoms with Crippen molar-refractivity contribution < 1.29 is 19.4 Å². The molecule has 0 aromatic rings. The van der Waals surface area contributed by atoms with E-state index in [0.29, 0.717) is 38.5 Å². The normalized spacial score (nSPS) is 34.6. The molecule has 114 valence electrons. The maximum absolute atomic E-state index is 12.4. The second-order valence-electron chi connectivity index (χ2n) is 6.14. The van der Waals surface area contributed by atoms with Crippen LogP contribution < -0.4 is 5.32 Å². The Labute approximate surface area is 119 Å². The van der Waals surface area contributed by atoms with Crippen molar-refractivity contribution in [2.75, 3.05) is 19.8 Å². The third-order valence-electron chi connectivity index (χ3n) is 4.38. The van der Waals surface area contributed by atoms with Crippen LogP contribution in [0.4, 0.5) is 4.79 Å². The predicted molar refractivity (Wildman–Crippen MR) is 73.5 cm³/mol. The number of hydrogen-bond donors (Lipinski definition) is 2. The van der Waals surface area contributed by atoms with Crippen LogP contribution in [0.15, 0.2) is 0 Å². The summed E-state index contributed by atoms with van der Waals surface area (Å²) in [4.78, 5) is 25.7. The number of ether oxygens (including phenoxy) is 1. The molecule has 1 aliphatic carbocycles. The molecule has 3 unspecified atom stereocenters. The Morgan fingerprint density at radius 2 is 2.15 bits per heavy atom. The topological polar surface area (TPSA) is 78.9 Å². The van der Waals surface area contributed by atoms with Crippen molar-refractivity contribution in [1.29, 1.82) is 0 Å². The number of nitrogens with one attached hydrogen (secondary N) is 1. The predicted octanol–water partition coefficient (Wildman–Crippen LogP) is 1.45. The first-order valence-corrected chi connectivity index (χ1v) is 7.34. The van der Waals surface area contributed by atoms with Gasteiger partial charge >= 0.3 is 12.0 Å². The molecule has 2 rings (SSSR count). The number of carboxylic acids is 1. The lowest BCUT2D eigenvalue weighted by molar-refractivity contribution is -0.146. The number of urea groups is 1. The smallest absolute Gasteiger partial charge is 0.329 e. The van der Waals surface area contributed by atoms with E-state index in [2.05, 4.69) is 5.32 Å². The van der Waals surface area contributed by atoms with E-state index < -0.39 is 11.5 Å². The maximum atomic E-state index is 12.4. The van der Waals surface area contributed by atoms with E-state index in [4.69, 9.17) is 4.74 Å². The first-order valence-electron chi connectivity index (χ1n) is 7.34. The van der Waals surface area contributed by atoms with E-state index in [1.807, 2.05) is 13.8 Å². The highest BCUT2D eigenvalue weighted by Crippen LogP contribution is 2.32. The number of morpholine rings is 1. The largest absolute Gasteiger partial charge is 0.480 e. The van der Waals surface area contributed by atoms with Crippen LogP contribution in [0.5, 0.6) is 0 Å². The Morgan fingerprint density at radius 3 is 2.75 bits per heavy atom. The van der Waals surface area contributed by atoms with Gasteiger partial charge in [-0.1, -0.05) is 19.8 Å². The standard InChI is InChI=1S/C14H24N2O4/c1-10-4-3-5-14(8-10,12(17)18)15-13(19)16-6-7-20-9-11(16)2/h10-11H,3-9H2,1-2H3,(H,15,19)(H,17,18). The average Bonchev–Trinajstić information content (AvgIpc) is 2.38. The van der Waals surface area contributed by atoms with Gasteiger partial charge in [0.2, 0.25) is 0 Å².